The van der Waals surface area contributed by atoms with E-state index in [-0.39, 0.29) is 18.6 Å². The van der Waals surface area contributed by atoms with Gasteiger partial charge in [-0.15, -0.1) is 0 Å². The highest BCUT2D eigenvalue weighted by Crippen LogP contribution is 2.29. The van der Waals surface area contributed by atoms with Crippen LogP contribution in [-0.4, -0.2) is 24.1 Å². The van der Waals surface area contributed by atoms with Gasteiger partial charge in [0.15, 0.2) is 0 Å². The van der Waals surface area contributed by atoms with E-state index in [1.165, 1.54) is 0 Å². The number of halogens is 1. The van der Waals surface area contributed by atoms with E-state index in [2.05, 4.69) is 31.3 Å². The zero-order chi connectivity index (χ0) is 18.4. The average molecular weight is 415 g/mol. The van der Waals surface area contributed by atoms with Crippen LogP contribution in [-0.2, 0) is 22.6 Å². The van der Waals surface area contributed by atoms with Crippen molar-refractivity contribution in [2.24, 2.45) is 5.11 Å². The summed E-state index contributed by atoms with van der Waals surface area (Å²) in [4.78, 5) is 15.8. The smallest absolute Gasteiger partial charge is 0.327 e. The third-order valence-electron chi connectivity index (χ3n) is 4.50. The van der Waals surface area contributed by atoms with Crippen LogP contribution >= 0.6 is 15.9 Å². The molecule has 0 aliphatic carbocycles. The summed E-state index contributed by atoms with van der Waals surface area (Å²) < 4.78 is 6.57. The van der Waals surface area contributed by atoms with Crippen molar-refractivity contribution in [2.75, 3.05) is 6.54 Å². The van der Waals surface area contributed by atoms with Crippen molar-refractivity contribution in [1.82, 2.24) is 5.32 Å². The van der Waals surface area contributed by atoms with Crippen LogP contribution < -0.4 is 5.32 Å². The molecule has 2 aromatic carbocycles. The highest BCUT2D eigenvalue weighted by Gasteiger charge is 2.46. The van der Waals surface area contributed by atoms with E-state index in [1.807, 2.05) is 54.6 Å². The zero-order valence-electron chi connectivity index (χ0n) is 14.1. The Hall–Kier alpha value is -2.34. The summed E-state index contributed by atoms with van der Waals surface area (Å²) in [6.45, 7) is 0.677. The Kier molecular flexibility index (Phi) is 5.93. The Bertz CT molecular complexity index is 806. The van der Waals surface area contributed by atoms with Crippen LogP contribution in [0.25, 0.3) is 10.4 Å². The lowest BCUT2D eigenvalue weighted by molar-refractivity contribution is -0.152. The van der Waals surface area contributed by atoms with E-state index in [9.17, 15) is 4.79 Å². The molecule has 1 unspecified atom stereocenters. The van der Waals surface area contributed by atoms with E-state index in [1.54, 1.807) is 0 Å². The van der Waals surface area contributed by atoms with Crippen LogP contribution in [0.3, 0.4) is 0 Å². The van der Waals surface area contributed by atoms with Crippen molar-refractivity contribution in [1.29, 1.82) is 0 Å². The first-order valence-electron chi connectivity index (χ1n) is 8.36. The van der Waals surface area contributed by atoms with Crippen molar-refractivity contribution in [2.45, 2.75) is 31.0 Å². The Balaban J connectivity index is 1.77. The molecule has 0 saturated carbocycles. The summed E-state index contributed by atoms with van der Waals surface area (Å²) in [5.74, 6) is -0.320. The highest BCUT2D eigenvalue weighted by molar-refractivity contribution is 9.10. The molecule has 0 amide bonds. The maximum Gasteiger partial charge on any atom is 0.327 e. The largest absolute Gasteiger partial charge is 0.459 e. The third-order valence-corrected chi connectivity index (χ3v) is 5.03. The number of nitrogens with zero attached hydrogens (tertiary/aromatic N) is 3. The molecular formula is C19H19BrN4O2. The molecule has 1 saturated heterocycles. The Morgan fingerprint density at radius 1 is 1.23 bits per heavy atom. The van der Waals surface area contributed by atoms with Gasteiger partial charge in [0.05, 0.1) is 6.04 Å². The molecule has 7 heteroatoms. The minimum absolute atomic E-state index is 0.218. The van der Waals surface area contributed by atoms with Crippen LogP contribution in [0.15, 0.2) is 64.2 Å². The van der Waals surface area contributed by atoms with Crippen LogP contribution in [0.4, 0.5) is 0 Å². The second kappa shape index (κ2) is 8.36. The third kappa shape index (κ3) is 4.43. The molecule has 0 radical (unpaired) electrons. The molecule has 1 aliphatic rings. The zero-order valence-corrected chi connectivity index (χ0v) is 15.7. The predicted molar refractivity (Wildman–Crippen MR) is 102 cm³/mol. The van der Waals surface area contributed by atoms with Crippen LogP contribution in [0, 0.1) is 0 Å². The SMILES string of the molecule is [N-]=[N+]=NC1CN[C@](Cc2ccc(Br)cc2)(C(=O)OCc2ccccc2)C1. The molecule has 0 bridgehead atoms. The topological polar surface area (TPSA) is 87.1 Å². The summed E-state index contributed by atoms with van der Waals surface area (Å²) in [6, 6.07) is 17.1. The Morgan fingerprint density at radius 3 is 2.65 bits per heavy atom. The second-order valence-corrected chi connectivity index (χ2v) is 7.31. The first-order chi connectivity index (χ1) is 12.6. The normalized spacial score (nSPS) is 21.8. The number of benzene rings is 2. The number of hydrogen-bond donors (Lipinski definition) is 1. The van der Waals surface area contributed by atoms with Crippen LogP contribution in [0.1, 0.15) is 17.5 Å². The standard InChI is InChI=1S/C19H19BrN4O2/c20-16-8-6-14(7-9-16)10-19(11-17(12-22-19)23-24-21)18(25)26-13-15-4-2-1-3-5-15/h1-9,17,22H,10-13H2/t17?,19-/m0/s1. The van der Waals surface area contributed by atoms with Gasteiger partial charge in [0.25, 0.3) is 0 Å². The molecule has 0 spiro atoms. The predicted octanol–water partition coefficient (Wildman–Crippen LogP) is 4.15. The van der Waals surface area contributed by atoms with Gasteiger partial charge in [-0.1, -0.05) is 63.5 Å². The fourth-order valence-corrected chi connectivity index (χ4v) is 3.45. The summed E-state index contributed by atoms with van der Waals surface area (Å²) in [5, 5.41) is 7.03. The first-order valence-corrected chi connectivity index (χ1v) is 9.15. The summed E-state index contributed by atoms with van der Waals surface area (Å²) in [6.07, 6.45) is 0.895. The molecule has 6 nitrogen and oxygen atoms in total. The number of nitrogens with one attached hydrogen (secondary N) is 1. The fourth-order valence-electron chi connectivity index (χ4n) is 3.19. The summed E-state index contributed by atoms with van der Waals surface area (Å²) >= 11 is 3.42. The van der Waals surface area contributed by atoms with Gasteiger partial charge in [0, 0.05) is 22.4 Å². The van der Waals surface area contributed by atoms with Crippen molar-refractivity contribution < 1.29 is 9.53 Å². The maximum absolute atomic E-state index is 12.9. The van der Waals surface area contributed by atoms with Gasteiger partial charge in [-0.2, -0.15) is 0 Å². The Labute approximate surface area is 160 Å². The number of ether oxygens (including phenoxy) is 1. The molecule has 2 aromatic rings. The minimum Gasteiger partial charge on any atom is -0.459 e. The van der Waals surface area contributed by atoms with Crippen molar-refractivity contribution in [3.05, 3.63) is 80.6 Å². The maximum atomic E-state index is 12.9. The molecule has 1 heterocycles. The lowest BCUT2D eigenvalue weighted by Crippen LogP contribution is -2.50. The number of carbonyl (C=O) groups is 1. The van der Waals surface area contributed by atoms with Gasteiger partial charge < -0.3 is 10.1 Å². The molecule has 2 atom stereocenters. The average Bonchev–Trinajstić information content (AvgIpc) is 3.07. The fraction of sp³-hybridized carbons (Fsp3) is 0.316. The molecule has 1 aliphatic heterocycles. The van der Waals surface area contributed by atoms with Crippen LogP contribution in [0.2, 0.25) is 0 Å². The molecule has 0 aromatic heterocycles. The molecule has 26 heavy (non-hydrogen) atoms. The second-order valence-electron chi connectivity index (χ2n) is 6.39. The van der Waals surface area contributed by atoms with Crippen molar-refractivity contribution in [3.63, 3.8) is 0 Å². The molecule has 3 rings (SSSR count). The highest BCUT2D eigenvalue weighted by atomic mass is 79.9. The van der Waals surface area contributed by atoms with Gasteiger partial charge in [-0.3, -0.25) is 4.79 Å². The molecule has 1 N–H and O–H groups in total. The van der Waals surface area contributed by atoms with Gasteiger partial charge >= 0.3 is 5.97 Å². The van der Waals surface area contributed by atoms with Gasteiger partial charge in [0.2, 0.25) is 0 Å². The monoisotopic (exact) mass is 414 g/mol. The number of hydrogen-bond acceptors (Lipinski definition) is 4. The van der Waals surface area contributed by atoms with E-state index in [0.717, 1.165) is 15.6 Å². The van der Waals surface area contributed by atoms with E-state index < -0.39 is 5.54 Å². The molecule has 1 fully saturated rings. The quantitative estimate of drug-likeness (QED) is 0.333. The first kappa shape index (κ1) is 18.5. The van der Waals surface area contributed by atoms with E-state index in [0.29, 0.717) is 19.4 Å². The van der Waals surface area contributed by atoms with Crippen molar-refractivity contribution >= 4 is 21.9 Å². The lowest BCUT2D eigenvalue weighted by atomic mass is 9.88. The van der Waals surface area contributed by atoms with Crippen molar-refractivity contribution in [3.8, 4) is 0 Å². The number of carbonyl (C=O) groups excluding carboxylic acids is 1. The number of esters is 1. The van der Waals surface area contributed by atoms with E-state index in [4.69, 9.17) is 10.3 Å². The molecule has 134 valence electrons. The Morgan fingerprint density at radius 2 is 1.96 bits per heavy atom. The number of rotatable bonds is 6. The lowest BCUT2D eigenvalue weighted by Gasteiger charge is -2.27. The summed E-state index contributed by atoms with van der Waals surface area (Å²) in [7, 11) is 0. The van der Waals surface area contributed by atoms with Gasteiger partial charge in [-0.05, 0) is 35.2 Å². The van der Waals surface area contributed by atoms with Gasteiger partial charge in [-0.25, -0.2) is 0 Å². The number of azide groups is 1. The molecular weight excluding hydrogens is 396 g/mol. The van der Waals surface area contributed by atoms with E-state index >= 15 is 0 Å². The summed E-state index contributed by atoms with van der Waals surface area (Å²) in [5.41, 5.74) is 9.78. The minimum atomic E-state index is -0.887. The van der Waals surface area contributed by atoms with Gasteiger partial charge in [0.1, 0.15) is 12.1 Å². The van der Waals surface area contributed by atoms with Crippen LogP contribution in [0.5, 0.6) is 0 Å².